The predicted octanol–water partition coefficient (Wildman–Crippen LogP) is 6.39. The molecule has 29 heavy (non-hydrogen) atoms. The quantitative estimate of drug-likeness (QED) is 0.321. The summed E-state index contributed by atoms with van der Waals surface area (Å²) in [5, 5.41) is 6.04. The van der Waals surface area contributed by atoms with Crippen molar-refractivity contribution in [3.05, 3.63) is 99.7 Å². The molecule has 0 aliphatic rings. The Balaban J connectivity index is 1.35. The number of hydrogen-bond donors (Lipinski definition) is 2. The molecule has 0 radical (unpaired) electrons. The van der Waals surface area contributed by atoms with Gasteiger partial charge in [-0.2, -0.15) is 0 Å². The molecule has 3 nitrogen and oxygen atoms in total. The number of aromatic nitrogens is 1. The highest BCUT2D eigenvalue weighted by molar-refractivity contribution is 6.35. The van der Waals surface area contributed by atoms with Crippen molar-refractivity contribution >= 4 is 34.1 Å². The average molecular weight is 425 g/mol. The summed E-state index contributed by atoms with van der Waals surface area (Å²) < 4.78 is 6.03. The van der Waals surface area contributed by atoms with E-state index in [-0.39, 0.29) is 0 Å². The smallest absolute Gasteiger partial charge is 0.124 e. The van der Waals surface area contributed by atoms with Gasteiger partial charge in [0.1, 0.15) is 12.4 Å². The highest BCUT2D eigenvalue weighted by Crippen LogP contribution is 2.27. The molecule has 0 saturated carbocycles. The minimum absolute atomic E-state index is 0.338. The van der Waals surface area contributed by atoms with Crippen LogP contribution in [0.3, 0.4) is 0 Å². The van der Waals surface area contributed by atoms with Gasteiger partial charge >= 0.3 is 0 Å². The first kappa shape index (κ1) is 19.8. The number of fused-ring (bicyclic) bond motifs is 1. The van der Waals surface area contributed by atoms with Gasteiger partial charge in [0.15, 0.2) is 0 Å². The summed E-state index contributed by atoms with van der Waals surface area (Å²) in [7, 11) is 0. The molecule has 4 aromatic rings. The molecule has 0 fully saturated rings. The molecule has 0 bridgehead atoms. The number of ether oxygens (including phenoxy) is 1. The second-order valence-electron chi connectivity index (χ2n) is 6.88. The van der Waals surface area contributed by atoms with Crippen LogP contribution in [0, 0.1) is 0 Å². The van der Waals surface area contributed by atoms with E-state index in [2.05, 4.69) is 40.8 Å². The fraction of sp³-hybridized carbons (Fsp3) is 0.167. The van der Waals surface area contributed by atoms with Crippen LogP contribution in [-0.2, 0) is 19.6 Å². The Bertz CT molecular complexity index is 1090. The lowest BCUT2D eigenvalue weighted by atomic mass is 10.1. The summed E-state index contributed by atoms with van der Waals surface area (Å²) in [4.78, 5) is 3.33. The van der Waals surface area contributed by atoms with Crippen LogP contribution >= 0.6 is 23.2 Å². The van der Waals surface area contributed by atoms with E-state index < -0.39 is 0 Å². The first-order valence-corrected chi connectivity index (χ1v) is 10.4. The Kier molecular flexibility index (Phi) is 6.40. The van der Waals surface area contributed by atoms with E-state index in [4.69, 9.17) is 27.9 Å². The predicted molar refractivity (Wildman–Crippen MR) is 121 cm³/mol. The third kappa shape index (κ3) is 4.76. The van der Waals surface area contributed by atoms with Crippen LogP contribution in [0.1, 0.15) is 16.7 Å². The van der Waals surface area contributed by atoms with E-state index in [9.17, 15) is 0 Å². The number of para-hydroxylation sites is 2. The second kappa shape index (κ2) is 9.36. The van der Waals surface area contributed by atoms with Crippen molar-refractivity contribution in [1.29, 1.82) is 0 Å². The molecule has 0 spiro atoms. The van der Waals surface area contributed by atoms with Crippen LogP contribution in [-0.4, -0.2) is 11.5 Å². The molecule has 3 aromatic carbocycles. The summed E-state index contributed by atoms with van der Waals surface area (Å²) in [5.41, 5.74) is 4.41. The largest absolute Gasteiger partial charge is 0.488 e. The third-order valence-electron chi connectivity index (χ3n) is 4.97. The third-order valence-corrected chi connectivity index (χ3v) is 5.68. The number of aromatic amines is 1. The van der Waals surface area contributed by atoms with Gasteiger partial charge in [0.2, 0.25) is 0 Å². The molecule has 0 atom stereocenters. The fourth-order valence-electron chi connectivity index (χ4n) is 3.40. The van der Waals surface area contributed by atoms with E-state index in [1.54, 1.807) is 0 Å². The Morgan fingerprint density at radius 2 is 1.59 bits per heavy atom. The van der Waals surface area contributed by atoms with E-state index >= 15 is 0 Å². The molecule has 4 rings (SSSR count). The van der Waals surface area contributed by atoms with Crippen LogP contribution in [0.2, 0.25) is 10.0 Å². The highest BCUT2D eigenvalue weighted by atomic mass is 35.5. The monoisotopic (exact) mass is 424 g/mol. The van der Waals surface area contributed by atoms with Crippen molar-refractivity contribution < 1.29 is 4.74 Å². The molecule has 0 unspecified atom stereocenters. The molecule has 5 heteroatoms. The normalized spacial score (nSPS) is 11.1. The fourth-order valence-corrected chi connectivity index (χ4v) is 3.90. The van der Waals surface area contributed by atoms with Gasteiger partial charge in [-0.25, -0.2) is 0 Å². The number of H-pyrrole nitrogens is 1. The number of rotatable bonds is 8. The molecule has 0 amide bonds. The Hall–Kier alpha value is -2.46. The van der Waals surface area contributed by atoms with Crippen LogP contribution in [0.4, 0.5) is 0 Å². The number of benzene rings is 3. The standard InChI is InChI=1S/C24H22Cl2N2O/c25-21-8-5-9-22(26)20(21)16-29-24-11-4-1-6-18(24)14-27-13-12-17-15-28-23-10-3-2-7-19(17)23/h1-11,15,27-28H,12-14,16H2. The highest BCUT2D eigenvalue weighted by Gasteiger charge is 2.09. The molecule has 0 aliphatic carbocycles. The SMILES string of the molecule is Clc1cccc(Cl)c1COc1ccccc1CNCCc1c[nH]c2ccccc12. The van der Waals surface area contributed by atoms with Crippen molar-refractivity contribution in [2.45, 2.75) is 19.6 Å². The van der Waals surface area contributed by atoms with Gasteiger partial charge < -0.3 is 15.0 Å². The van der Waals surface area contributed by atoms with Gasteiger partial charge in [-0.05, 0) is 42.8 Å². The van der Waals surface area contributed by atoms with Gasteiger partial charge in [-0.15, -0.1) is 0 Å². The lowest BCUT2D eigenvalue weighted by molar-refractivity contribution is 0.302. The number of nitrogens with one attached hydrogen (secondary N) is 2. The van der Waals surface area contributed by atoms with Gasteiger partial charge in [0.05, 0.1) is 0 Å². The molecule has 0 aliphatic heterocycles. The van der Waals surface area contributed by atoms with Gasteiger partial charge in [0.25, 0.3) is 0 Å². The Labute approximate surface area is 180 Å². The van der Waals surface area contributed by atoms with Crippen molar-refractivity contribution in [3.8, 4) is 5.75 Å². The van der Waals surface area contributed by atoms with Crippen molar-refractivity contribution in [3.63, 3.8) is 0 Å². The molecule has 148 valence electrons. The van der Waals surface area contributed by atoms with E-state index in [0.29, 0.717) is 16.7 Å². The number of halogens is 2. The Morgan fingerprint density at radius 1 is 0.828 bits per heavy atom. The summed E-state index contributed by atoms with van der Waals surface area (Å²) >= 11 is 12.5. The summed E-state index contributed by atoms with van der Waals surface area (Å²) in [6.45, 7) is 1.95. The van der Waals surface area contributed by atoms with Gasteiger partial charge in [0, 0.05) is 44.8 Å². The maximum absolute atomic E-state index is 6.25. The van der Waals surface area contributed by atoms with Crippen LogP contribution in [0.25, 0.3) is 10.9 Å². The molecular formula is C24H22Cl2N2O. The zero-order valence-electron chi connectivity index (χ0n) is 15.9. The summed E-state index contributed by atoms with van der Waals surface area (Å²) in [6.07, 6.45) is 3.05. The maximum atomic E-state index is 6.25. The van der Waals surface area contributed by atoms with Crippen LogP contribution < -0.4 is 10.1 Å². The van der Waals surface area contributed by atoms with Gasteiger partial charge in [-0.3, -0.25) is 0 Å². The second-order valence-corrected chi connectivity index (χ2v) is 7.70. The van der Waals surface area contributed by atoms with Gasteiger partial charge in [-0.1, -0.05) is 65.7 Å². The number of hydrogen-bond acceptors (Lipinski definition) is 2. The Morgan fingerprint density at radius 3 is 2.45 bits per heavy atom. The first-order chi connectivity index (χ1) is 14.2. The van der Waals surface area contributed by atoms with Crippen LogP contribution in [0.15, 0.2) is 72.9 Å². The van der Waals surface area contributed by atoms with Crippen molar-refractivity contribution in [2.24, 2.45) is 0 Å². The average Bonchev–Trinajstić information content (AvgIpc) is 3.15. The van der Waals surface area contributed by atoms with Crippen molar-refractivity contribution in [1.82, 2.24) is 10.3 Å². The zero-order valence-corrected chi connectivity index (χ0v) is 17.4. The lowest BCUT2D eigenvalue weighted by Gasteiger charge is -2.13. The zero-order chi connectivity index (χ0) is 20.1. The molecule has 0 saturated heterocycles. The van der Waals surface area contributed by atoms with E-state index in [1.165, 1.54) is 16.5 Å². The molecular weight excluding hydrogens is 403 g/mol. The van der Waals surface area contributed by atoms with Crippen LogP contribution in [0.5, 0.6) is 5.75 Å². The maximum Gasteiger partial charge on any atom is 0.124 e. The molecule has 1 heterocycles. The van der Waals surface area contributed by atoms with E-state index in [1.807, 2.05) is 42.5 Å². The molecule has 2 N–H and O–H groups in total. The first-order valence-electron chi connectivity index (χ1n) is 9.61. The lowest BCUT2D eigenvalue weighted by Crippen LogP contribution is -2.17. The van der Waals surface area contributed by atoms with E-state index in [0.717, 1.165) is 36.4 Å². The molecule has 1 aromatic heterocycles. The topological polar surface area (TPSA) is 37.0 Å². The summed E-state index contributed by atoms with van der Waals surface area (Å²) in [6, 6.07) is 21.9. The summed E-state index contributed by atoms with van der Waals surface area (Å²) in [5.74, 6) is 0.836. The minimum Gasteiger partial charge on any atom is -0.488 e. The van der Waals surface area contributed by atoms with Crippen molar-refractivity contribution in [2.75, 3.05) is 6.54 Å². The minimum atomic E-state index is 0.338.